The van der Waals surface area contributed by atoms with E-state index >= 15 is 0 Å². The lowest BCUT2D eigenvalue weighted by atomic mass is 10.1. The fourth-order valence-corrected chi connectivity index (χ4v) is 1.54. The fourth-order valence-electron chi connectivity index (χ4n) is 1.54. The molecule has 0 amide bonds. The van der Waals surface area contributed by atoms with Gasteiger partial charge in [-0.1, -0.05) is 0 Å². The Morgan fingerprint density at radius 3 is 3.38 bits per heavy atom. The van der Waals surface area contributed by atoms with Gasteiger partial charge in [-0.05, 0) is 13.0 Å². The molecule has 2 heterocycles. The first-order valence-corrected chi connectivity index (χ1v) is 4.69. The fraction of sp³-hybridized carbons (Fsp3) is 0.500. The van der Waals surface area contributed by atoms with Gasteiger partial charge >= 0.3 is 0 Å². The van der Waals surface area contributed by atoms with Crippen LogP contribution in [0.2, 0.25) is 0 Å². The van der Waals surface area contributed by atoms with Crippen LogP contribution in [-0.2, 0) is 17.8 Å². The Labute approximate surface area is 78.1 Å². The van der Waals surface area contributed by atoms with Gasteiger partial charge < -0.3 is 10.1 Å². The van der Waals surface area contributed by atoms with E-state index in [1.54, 1.807) is 0 Å². The topological polar surface area (TPSA) is 34.2 Å². The van der Waals surface area contributed by atoms with Crippen LogP contribution in [0.15, 0.2) is 12.3 Å². The van der Waals surface area contributed by atoms with Crippen LogP contribution >= 0.6 is 0 Å². The zero-order chi connectivity index (χ0) is 9.10. The van der Waals surface area contributed by atoms with Gasteiger partial charge in [0.25, 0.3) is 0 Å². The summed E-state index contributed by atoms with van der Waals surface area (Å²) < 4.78 is 5.36. The van der Waals surface area contributed by atoms with E-state index in [4.69, 9.17) is 4.74 Å². The Morgan fingerprint density at radius 1 is 1.62 bits per heavy atom. The van der Waals surface area contributed by atoms with Crippen molar-refractivity contribution in [1.29, 1.82) is 0 Å². The zero-order valence-electron chi connectivity index (χ0n) is 7.84. The minimum atomic E-state index is 0.710. The average molecular weight is 178 g/mol. The predicted octanol–water partition coefficient (Wildman–Crippen LogP) is 1.59. The smallest absolute Gasteiger partial charge is 0.0735 e. The molecule has 0 saturated heterocycles. The summed E-state index contributed by atoms with van der Waals surface area (Å²) in [6.45, 7) is 4.53. The van der Waals surface area contributed by atoms with Crippen molar-refractivity contribution < 1.29 is 4.74 Å². The van der Waals surface area contributed by atoms with Crippen LogP contribution < -0.4 is 5.32 Å². The number of ether oxygens (including phenoxy) is 1. The minimum absolute atomic E-state index is 0.710. The molecule has 0 unspecified atom stereocenters. The summed E-state index contributed by atoms with van der Waals surface area (Å²) in [5.74, 6) is 0. The first-order valence-electron chi connectivity index (χ1n) is 4.69. The van der Waals surface area contributed by atoms with E-state index in [1.165, 1.54) is 11.3 Å². The number of rotatable bonds is 2. The normalized spacial score (nSPS) is 15.2. The standard InChI is InChI=1S/C10H14N2O/c1-2-11-9-5-8-7-13-4-3-10(8)12-6-9/h5-6,11H,2-4,7H2,1H3. The number of aromatic nitrogens is 1. The van der Waals surface area contributed by atoms with E-state index in [9.17, 15) is 0 Å². The maximum Gasteiger partial charge on any atom is 0.0735 e. The largest absolute Gasteiger partial charge is 0.384 e. The SMILES string of the molecule is CCNc1cnc2c(c1)COCC2. The van der Waals surface area contributed by atoms with Gasteiger partial charge in [-0.3, -0.25) is 4.98 Å². The van der Waals surface area contributed by atoms with Crippen LogP contribution in [0.1, 0.15) is 18.2 Å². The Kier molecular flexibility index (Phi) is 2.45. The highest BCUT2D eigenvalue weighted by Crippen LogP contribution is 2.17. The first kappa shape index (κ1) is 8.51. The number of fused-ring (bicyclic) bond motifs is 1. The van der Waals surface area contributed by atoms with E-state index in [2.05, 4.69) is 23.3 Å². The second-order valence-corrected chi connectivity index (χ2v) is 3.16. The summed E-state index contributed by atoms with van der Waals surface area (Å²) >= 11 is 0. The van der Waals surface area contributed by atoms with Crippen molar-refractivity contribution in [2.45, 2.75) is 20.0 Å². The van der Waals surface area contributed by atoms with Gasteiger partial charge in [-0.15, -0.1) is 0 Å². The molecule has 0 aromatic carbocycles. The second-order valence-electron chi connectivity index (χ2n) is 3.16. The highest BCUT2D eigenvalue weighted by Gasteiger charge is 2.10. The molecular formula is C10H14N2O. The Bertz CT molecular complexity index is 299. The molecule has 0 spiro atoms. The lowest BCUT2D eigenvalue weighted by molar-refractivity contribution is 0.109. The molecule has 13 heavy (non-hydrogen) atoms. The van der Waals surface area contributed by atoms with Crippen molar-refractivity contribution in [3.63, 3.8) is 0 Å². The molecule has 0 radical (unpaired) electrons. The Balaban J connectivity index is 2.24. The molecule has 0 fully saturated rings. The second kappa shape index (κ2) is 3.75. The third kappa shape index (κ3) is 1.80. The van der Waals surface area contributed by atoms with Crippen LogP contribution in [0.5, 0.6) is 0 Å². The summed E-state index contributed by atoms with van der Waals surface area (Å²) in [6, 6.07) is 2.13. The summed E-state index contributed by atoms with van der Waals surface area (Å²) in [4.78, 5) is 4.40. The van der Waals surface area contributed by atoms with Crippen molar-refractivity contribution in [2.75, 3.05) is 18.5 Å². The lowest BCUT2D eigenvalue weighted by Crippen LogP contribution is -2.12. The van der Waals surface area contributed by atoms with E-state index in [-0.39, 0.29) is 0 Å². The van der Waals surface area contributed by atoms with E-state index in [0.717, 1.165) is 25.3 Å². The molecule has 1 aromatic heterocycles. The van der Waals surface area contributed by atoms with Crippen LogP contribution in [0.4, 0.5) is 5.69 Å². The third-order valence-corrected chi connectivity index (χ3v) is 2.18. The molecular weight excluding hydrogens is 164 g/mol. The van der Waals surface area contributed by atoms with Gasteiger partial charge in [-0.2, -0.15) is 0 Å². The molecule has 70 valence electrons. The number of nitrogens with zero attached hydrogens (tertiary/aromatic N) is 1. The summed E-state index contributed by atoms with van der Waals surface area (Å²) in [5, 5.41) is 3.24. The van der Waals surface area contributed by atoms with E-state index in [1.807, 2.05) is 6.20 Å². The average Bonchev–Trinajstić information content (AvgIpc) is 2.18. The van der Waals surface area contributed by atoms with Gasteiger partial charge in [-0.25, -0.2) is 0 Å². The Morgan fingerprint density at radius 2 is 2.54 bits per heavy atom. The molecule has 1 aliphatic heterocycles. The van der Waals surface area contributed by atoms with Crippen LogP contribution in [0.25, 0.3) is 0 Å². The molecule has 0 atom stereocenters. The third-order valence-electron chi connectivity index (χ3n) is 2.18. The summed E-state index contributed by atoms with van der Waals surface area (Å²) in [7, 11) is 0. The maximum atomic E-state index is 5.36. The van der Waals surface area contributed by atoms with Crippen molar-refractivity contribution in [2.24, 2.45) is 0 Å². The van der Waals surface area contributed by atoms with Gasteiger partial charge in [0.2, 0.25) is 0 Å². The predicted molar refractivity (Wildman–Crippen MR) is 51.8 cm³/mol. The monoisotopic (exact) mass is 178 g/mol. The number of hydrogen-bond donors (Lipinski definition) is 1. The van der Waals surface area contributed by atoms with Crippen molar-refractivity contribution in [3.05, 3.63) is 23.5 Å². The van der Waals surface area contributed by atoms with Crippen LogP contribution in [-0.4, -0.2) is 18.1 Å². The first-order chi connectivity index (χ1) is 6.40. The molecule has 0 saturated carbocycles. The van der Waals surface area contributed by atoms with Crippen molar-refractivity contribution >= 4 is 5.69 Å². The zero-order valence-corrected chi connectivity index (χ0v) is 7.84. The number of nitrogens with one attached hydrogen (secondary N) is 1. The molecule has 0 bridgehead atoms. The number of pyridine rings is 1. The molecule has 1 aromatic rings. The quantitative estimate of drug-likeness (QED) is 0.746. The number of anilines is 1. The van der Waals surface area contributed by atoms with Gasteiger partial charge in [0.05, 0.1) is 25.1 Å². The molecule has 0 aliphatic carbocycles. The lowest BCUT2D eigenvalue weighted by Gasteiger charge is -2.16. The highest BCUT2D eigenvalue weighted by molar-refractivity contribution is 5.45. The molecule has 3 nitrogen and oxygen atoms in total. The van der Waals surface area contributed by atoms with Crippen LogP contribution in [0.3, 0.4) is 0 Å². The minimum Gasteiger partial charge on any atom is -0.384 e. The van der Waals surface area contributed by atoms with Crippen molar-refractivity contribution in [3.8, 4) is 0 Å². The van der Waals surface area contributed by atoms with Gasteiger partial charge in [0, 0.05) is 24.2 Å². The van der Waals surface area contributed by atoms with Gasteiger partial charge in [0.1, 0.15) is 0 Å². The Hall–Kier alpha value is -1.09. The highest BCUT2D eigenvalue weighted by atomic mass is 16.5. The van der Waals surface area contributed by atoms with E-state index in [0.29, 0.717) is 6.61 Å². The molecule has 3 heteroatoms. The summed E-state index contributed by atoms with van der Waals surface area (Å²) in [5.41, 5.74) is 3.50. The maximum absolute atomic E-state index is 5.36. The molecule has 1 aliphatic rings. The molecule has 1 N–H and O–H groups in total. The number of hydrogen-bond acceptors (Lipinski definition) is 3. The summed E-state index contributed by atoms with van der Waals surface area (Å²) in [6.07, 6.45) is 2.84. The van der Waals surface area contributed by atoms with Gasteiger partial charge in [0.15, 0.2) is 0 Å². The van der Waals surface area contributed by atoms with Crippen molar-refractivity contribution in [1.82, 2.24) is 4.98 Å². The molecule has 2 rings (SSSR count). The van der Waals surface area contributed by atoms with E-state index < -0.39 is 0 Å². The van der Waals surface area contributed by atoms with Crippen LogP contribution in [0, 0.1) is 0 Å².